The molecule has 0 saturated carbocycles. The maximum absolute atomic E-state index is 14.8. The maximum Gasteiger partial charge on any atom is 0.174 e. The van der Waals surface area contributed by atoms with Crippen LogP contribution in [0.3, 0.4) is 0 Å². The van der Waals surface area contributed by atoms with Gasteiger partial charge in [-0.25, -0.2) is 0 Å². The Hall–Kier alpha value is -1.53. The zero-order chi connectivity index (χ0) is 54.3. The SMILES string of the molecule is C=C1C[C@@H]2CC[C@@]34CC5O[C@H]6[C@@H](O3)[C@H]3O[C@H](CC[C@@H]3O[C@H]6C5O4)CC(=O)C[C@@H]3[C@@H](C)[C@@H]4O[C@@H]5C[C@]6(C[C@@H]7O[C@]8(C[C@H](C)[C@@H]9O[C@@H]%10[C@@H]([C@@H](O)CO)CO[C@@H]%10C[C@@H]9O8)C[C@H](C)[C@@H]7O6)O[C@@H]5C[C@@H]4O[C@H]3C[C@H]3O[C@@H](CC[C@@H]1O2)C[C@@H](C)C3=C. The largest absolute Gasteiger partial charge is 0.394 e. The van der Waals surface area contributed by atoms with Gasteiger partial charge in [-0.1, -0.05) is 40.9 Å². The number of aliphatic hydroxyl groups is 2. The summed E-state index contributed by atoms with van der Waals surface area (Å²) in [7, 11) is 0. The van der Waals surface area contributed by atoms with Crippen LogP contribution in [0.2, 0.25) is 0 Å². The van der Waals surface area contributed by atoms with Gasteiger partial charge in [-0.15, -0.1) is 0 Å². The molecule has 0 aromatic rings. The van der Waals surface area contributed by atoms with Gasteiger partial charge < -0.3 is 81.3 Å². The van der Waals surface area contributed by atoms with Gasteiger partial charge in [0.05, 0.1) is 129 Å². The third-order valence-corrected chi connectivity index (χ3v) is 23.3. The second-order valence-corrected chi connectivity index (χ2v) is 28.6. The van der Waals surface area contributed by atoms with Gasteiger partial charge in [0, 0.05) is 76.5 Å². The van der Waals surface area contributed by atoms with Crippen LogP contribution < -0.4 is 0 Å². The Morgan fingerprint density at radius 2 is 1.19 bits per heavy atom. The summed E-state index contributed by atoms with van der Waals surface area (Å²) in [6.45, 7) is 18.2. The van der Waals surface area contributed by atoms with Crippen LogP contribution in [0.1, 0.15) is 143 Å². The number of fused-ring (bicyclic) bond motifs is 11. The van der Waals surface area contributed by atoms with E-state index >= 15 is 0 Å². The van der Waals surface area contributed by atoms with Crippen molar-refractivity contribution < 1.29 is 86.1 Å². The van der Waals surface area contributed by atoms with Gasteiger partial charge in [-0.05, 0) is 85.7 Å². The summed E-state index contributed by atoms with van der Waals surface area (Å²) in [4.78, 5) is 14.8. The molecule has 2 unspecified atom stereocenters. The Kier molecular flexibility index (Phi) is 13.5. The molecule has 0 radical (unpaired) electrons. The van der Waals surface area contributed by atoms with Crippen LogP contribution in [-0.2, 0) is 75.8 Å². The van der Waals surface area contributed by atoms with Crippen molar-refractivity contribution in [3.8, 4) is 0 Å². The van der Waals surface area contributed by atoms with Crippen molar-refractivity contribution in [2.45, 2.75) is 307 Å². The molecule has 17 aliphatic rings. The molecule has 33 atom stereocenters. The number of carbonyl (C=O) groups excluding carboxylic acids is 1. The minimum Gasteiger partial charge on any atom is -0.394 e. The van der Waals surface area contributed by atoms with Crippen molar-refractivity contribution in [1.82, 2.24) is 0 Å². The average molecular weight is 1120 g/mol. The highest BCUT2D eigenvalue weighted by Gasteiger charge is 2.70. The highest BCUT2D eigenvalue weighted by molar-refractivity contribution is 5.79. The Balaban J connectivity index is 0.628. The molecular formula is C62H88O18. The molecule has 80 heavy (non-hydrogen) atoms. The first-order valence-electron chi connectivity index (χ1n) is 31.7. The Morgan fingerprint density at radius 3 is 2.05 bits per heavy atom. The standard InChI is InChI=1S/C62H88O18/c1-27-13-34-7-9-40-28(2)14-36(67-40)11-12-60-23-49-56(79-60)57-58(73-49)59(80-60)55-41(71-57)10-8-35(69-55)15-33(64)16-37-32(6)53-46(70-43(37)17-42(68-34)31(27)5)18-44-48(72-53)22-62(75-44)24-50-52(78-62)30(4)21-61(77-50)20-29(3)51-47(76-61)19-45-54(74-51)38(26-66-45)39(65)25-63/h27,29-30,32,34-59,63,65H,2,5,7-26H2,1,3-4,6H3/t27-,29+,30+,32-,34+,35-,36+,37-,38-,39+,40+,41+,42-,43+,44-,45-,46+,47+,48-,49?,50+,51+,52+,53+,54-,55+,56?,57+,58-,59+,60+,61-,62+/m1/s1. The van der Waals surface area contributed by atoms with Crippen LogP contribution in [0.5, 0.6) is 0 Å². The van der Waals surface area contributed by atoms with Gasteiger partial charge in [-0.3, -0.25) is 4.79 Å². The number of hydrogen-bond donors (Lipinski definition) is 2. The van der Waals surface area contributed by atoms with Crippen molar-refractivity contribution in [3.63, 3.8) is 0 Å². The van der Waals surface area contributed by atoms with E-state index in [0.717, 1.165) is 56.1 Å². The quantitative estimate of drug-likeness (QED) is 0.312. The lowest BCUT2D eigenvalue weighted by molar-refractivity contribution is -0.370. The second-order valence-electron chi connectivity index (χ2n) is 28.6. The predicted octanol–water partition coefficient (Wildman–Crippen LogP) is 5.85. The normalized spacial score (nSPS) is 59.0. The minimum absolute atomic E-state index is 0.00646. The first-order valence-corrected chi connectivity index (χ1v) is 31.7. The molecule has 0 aromatic carbocycles. The van der Waals surface area contributed by atoms with E-state index in [1.165, 1.54) is 0 Å². The Morgan fingerprint density at radius 1 is 0.500 bits per heavy atom. The summed E-state index contributed by atoms with van der Waals surface area (Å²) in [5.41, 5.74) is 2.23. The minimum atomic E-state index is -0.883. The first-order chi connectivity index (χ1) is 38.6. The Bertz CT molecular complexity index is 2410. The van der Waals surface area contributed by atoms with E-state index < -0.39 is 23.5 Å². The van der Waals surface area contributed by atoms with Crippen molar-refractivity contribution in [2.24, 2.45) is 35.5 Å². The molecule has 3 spiro atoms. The van der Waals surface area contributed by atoms with Crippen LogP contribution >= 0.6 is 0 Å². The van der Waals surface area contributed by atoms with Crippen molar-refractivity contribution in [2.75, 3.05) is 13.2 Å². The number of aliphatic hydroxyl groups excluding tert-OH is 2. The zero-order valence-corrected chi connectivity index (χ0v) is 47.3. The Labute approximate surface area is 470 Å². The number of Topliss-reactive ketones (excluding diaryl/α,β-unsaturated/α-hetero) is 1. The molecule has 12 bridgehead atoms. The third-order valence-electron chi connectivity index (χ3n) is 23.3. The maximum atomic E-state index is 14.8. The van der Waals surface area contributed by atoms with Crippen molar-refractivity contribution in [3.05, 3.63) is 24.3 Å². The summed E-state index contributed by atoms with van der Waals surface area (Å²) >= 11 is 0. The molecule has 18 heteroatoms. The lowest BCUT2D eigenvalue weighted by Crippen LogP contribution is -2.62. The molecule has 17 fully saturated rings. The fraction of sp³-hybridized carbons (Fsp3) is 0.919. The molecule has 17 saturated heterocycles. The smallest absolute Gasteiger partial charge is 0.174 e. The molecule has 18 nitrogen and oxygen atoms in total. The fourth-order valence-corrected chi connectivity index (χ4v) is 19.4. The molecular weight excluding hydrogens is 1030 g/mol. The molecule has 0 aromatic heterocycles. The van der Waals surface area contributed by atoms with Gasteiger partial charge >= 0.3 is 0 Å². The highest BCUT2D eigenvalue weighted by Crippen LogP contribution is 2.58. The number of hydrogen-bond acceptors (Lipinski definition) is 18. The third kappa shape index (κ3) is 8.96. The summed E-state index contributed by atoms with van der Waals surface area (Å²) < 4.78 is 104. The molecule has 0 amide bonds. The summed E-state index contributed by atoms with van der Waals surface area (Å²) in [5.74, 6) is -2.18. The van der Waals surface area contributed by atoms with E-state index in [1.54, 1.807) is 0 Å². The van der Waals surface area contributed by atoms with Crippen LogP contribution in [0.4, 0.5) is 0 Å². The van der Waals surface area contributed by atoms with Crippen LogP contribution in [0, 0.1) is 35.5 Å². The van der Waals surface area contributed by atoms with Gasteiger partial charge in [-0.2, -0.15) is 0 Å². The zero-order valence-electron chi connectivity index (χ0n) is 47.3. The summed E-state index contributed by atoms with van der Waals surface area (Å²) in [6.07, 6.45) is 6.66. The number of carbonyl (C=O) groups is 1. The van der Waals surface area contributed by atoms with Gasteiger partial charge in [0.15, 0.2) is 17.4 Å². The topological polar surface area (TPSA) is 196 Å². The lowest BCUT2D eigenvalue weighted by atomic mass is 9.72. The second kappa shape index (κ2) is 20.0. The van der Waals surface area contributed by atoms with E-state index in [4.69, 9.17) is 71.1 Å². The van der Waals surface area contributed by atoms with Crippen LogP contribution in [0.15, 0.2) is 24.3 Å². The lowest BCUT2D eigenvalue weighted by Gasteiger charge is -2.54. The first kappa shape index (κ1) is 53.9. The average Bonchev–Trinajstić information content (AvgIpc) is 3.65. The van der Waals surface area contributed by atoms with Gasteiger partial charge in [0.2, 0.25) is 0 Å². The van der Waals surface area contributed by atoms with E-state index in [-0.39, 0.29) is 188 Å². The molecule has 2 N–H and O–H groups in total. The van der Waals surface area contributed by atoms with Gasteiger partial charge in [0.25, 0.3) is 0 Å². The van der Waals surface area contributed by atoms with E-state index in [2.05, 4.69) is 40.9 Å². The number of rotatable bonds is 2. The molecule has 444 valence electrons. The summed E-state index contributed by atoms with van der Waals surface area (Å²) in [5, 5.41) is 20.3. The van der Waals surface area contributed by atoms with Crippen molar-refractivity contribution >= 4 is 5.78 Å². The molecule has 0 aliphatic carbocycles. The van der Waals surface area contributed by atoms with Crippen molar-refractivity contribution in [1.29, 1.82) is 0 Å². The van der Waals surface area contributed by atoms with E-state index in [9.17, 15) is 15.0 Å². The molecule has 17 aliphatic heterocycles. The summed E-state index contributed by atoms with van der Waals surface area (Å²) in [6, 6.07) is 0. The van der Waals surface area contributed by atoms with Crippen LogP contribution in [0.25, 0.3) is 0 Å². The predicted molar refractivity (Wildman–Crippen MR) is 280 cm³/mol. The monoisotopic (exact) mass is 1120 g/mol. The number of ketones is 1. The molecule has 17 rings (SSSR count). The number of ether oxygens (including phenoxy) is 15. The molecule has 17 heterocycles. The van der Waals surface area contributed by atoms with Gasteiger partial charge in [0.1, 0.15) is 36.3 Å². The van der Waals surface area contributed by atoms with E-state index in [0.29, 0.717) is 77.2 Å². The van der Waals surface area contributed by atoms with Crippen LogP contribution in [-0.4, -0.2) is 193 Å². The fourth-order valence-electron chi connectivity index (χ4n) is 19.4. The van der Waals surface area contributed by atoms with E-state index in [1.807, 2.05) is 0 Å². The highest BCUT2D eigenvalue weighted by atomic mass is 16.8.